The van der Waals surface area contributed by atoms with E-state index in [2.05, 4.69) is 0 Å². The van der Waals surface area contributed by atoms with Gasteiger partial charge in [-0.05, 0) is 42.2 Å². The van der Waals surface area contributed by atoms with Crippen LogP contribution in [0.25, 0.3) is 5.57 Å². The number of hydrogen-bond donors (Lipinski definition) is 0. The molecule has 2 aromatic carbocycles. The molecular formula is C23H25FN2O2. The maximum Gasteiger partial charge on any atom is 0.246 e. The Morgan fingerprint density at radius 1 is 0.929 bits per heavy atom. The topological polar surface area (TPSA) is 40.6 Å². The van der Waals surface area contributed by atoms with E-state index in [4.69, 9.17) is 0 Å². The number of carbonyl (C=O) groups is 2. The lowest BCUT2D eigenvalue weighted by Crippen LogP contribution is -2.50. The first kappa shape index (κ1) is 19.8. The van der Waals surface area contributed by atoms with Gasteiger partial charge in [0.15, 0.2) is 0 Å². The molecule has 0 unspecified atom stereocenters. The van der Waals surface area contributed by atoms with E-state index in [0.717, 1.165) is 16.7 Å². The van der Waals surface area contributed by atoms with Gasteiger partial charge in [-0.1, -0.05) is 42.5 Å². The van der Waals surface area contributed by atoms with E-state index >= 15 is 0 Å². The van der Waals surface area contributed by atoms with E-state index in [-0.39, 0.29) is 17.6 Å². The van der Waals surface area contributed by atoms with Crippen molar-refractivity contribution < 1.29 is 14.0 Å². The van der Waals surface area contributed by atoms with Gasteiger partial charge < -0.3 is 9.80 Å². The van der Waals surface area contributed by atoms with Crippen molar-refractivity contribution in [2.75, 3.05) is 26.2 Å². The van der Waals surface area contributed by atoms with E-state index in [9.17, 15) is 14.0 Å². The Hall–Kier alpha value is -2.95. The number of aryl methyl sites for hydroxylation is 1. The van der Waals surface area contributed by atoms with Crippen LogP contribution in [0, 0.1) is 5.82 Å². The lowest BCUT2D eigenvalue weighted by molar-refractivity contribution is -0.137. The van der Waals surface area contributed by atoms with Crippen molar-refractivity contribution in [3.63, 3.8) is 0 Å². The summed E-state index contributed by atoms with van der Waals surface area (Å²) in [4.78, 5) is 28.5. The summed E-state index contributed by atoms with van der Waals surface area (Å²) in [7, 11) is 0. The maximum atomic E-state index is 12.9. The Morgan fingerprint density at radius 2 is 1.54 bits per heavy atom. The van der Waals surface area contributed by atoms with Crippen LogP contribution in [0.1, 0.15) is 24.5 Å². The zero-order valence-electron chi connectivity index (χ0n) is 16.1. The van der Waals surface area contributed by atoms with Crippen LogP contribution in [-0.4, -0.2) is 47.8 Å². The molecule has 0 bridgehead atoms. The van der Waals surface area contributed by atoms with E-state index in [1.807, 2.05) is 37.3 Å². The number of carbonyl (C=O) groups excluding carboxylic acids is 2. The highest BCUT2D eigenvalue weighted by Gasteiger charge is 2.23. The molecule has 0 atom stereocenters. The Morgan fingerprint density at radius 3 is 2.18 bits per heavy atom. The number of allylic oxidation sites excluding steroid dienone is 1. The molecule has 0 aromatic heterocycles. The fourth-order valence-electron chi connectivity index (χ4n) is 3.30. The second-order valence-electron chi connectivity index (χ2n) is 7.03. The number of hydrogen-bond acceptors (Lipinski definition) is 2. The molecular weight excluding hydrogens is 355 g/mol. The molecule has 5 heteroatoms. The largest absolute Gasteiger partial charge is 0.339 e. The number of halogens is 1. The maximum absolute atomic E-state index is 12.9. The Labute approximate surface area is 165 Å². The lowest BCUT2D eigenvalue weighted by atomic mass is 10.1. The smallest absolute Gasteiger partial charge is 0.246 e. The summed E-state index contributed by atoms with van der Waals surface area (Å²) < 4.78 is 12.9. The molecule has 1 heterocycles. The van der Waals surface area contributed by atoms with Crippen molar-refractivity contribution in [3.05, 3.63) is 77.6 Å². The van der Waals surface area contributed by atoms with E-state index < -0.39 is 0 Å². The number of benzene rings is 2. The summed E-state index contributed by atoms with van der Waals surface area (Å²) in [6.07, 6.45) is 2.66. The highest BCUT2D eigenvalue weighted by molar-refractivity contribution is 5.95. The molecule has 1 aliphatic rings. The summed E-state index contributed by atoms with van der Waals surface area (Å²) in [6.45, 7) is 4.11. The predicted molar refractivity (Wildman–Crippen MR) is 108 cm³/mol. The predicted octanol–water partition coefficient (Wildman–Crippen LogP) is 3.53. The zero-order valence-corrected chi connectivity index (χ0v) is 16.1. The minimum absolute atomic E-state index is 0.0141. The summed E-state index contributed by atoms with van der Waals surface area (Å²) in [6, 6.07) is 16.1. The molecule has 1 fully saturated rings. The van der Waals surface area contributed by atoms with Gasteiger partial charge in [0, 0.05) is 38.7 Å². The molecule has 0 saturated carbocycles. The fraction of sp³-hybridized carbons (Fsp3) is 0.304. The average molecular weight is 380 g/mol. The third-order valence-electron chi connectivity index (χ3n) is 5.05. The van der Waals surface area contributed by atoms with Crippen LogP contribution in [0.2, 0.25) is 0 Å². The first-order valence-electron chi connectivity index (χ1n) is 9.58. The normalized spacial score (nSPS) is 14.9. The van der Waals surface area contributed by atoms with Gasteiger partial charge in [0.25, 0.3) is 0 Å². The third-order valence-corrected chi connectivity index (χ3v) is 5.05. The summed E-state index contributed by atoms with van der Waals surface area (Å²) >= 11 is 0. The summed E-state index contributed by atoms with van der Waals surface area (Å²) in [5.74, 6) is -0.209. The van der Waals surface area contributed by atoms with Gasteiger partial charge in [-0.15, -0.1) is 0 Å². The molecule has 28 heavy (non-hydrogen) atoms. The van der Waals surface area contributed by atoms with Crippen LogP contribution in [0.5, 0.6) is 0 Å². The first-order valence-corrected chi connectivity index (χ1v) is 9.58. The molecule has 2 amide bonds. The van der Waals surface area contributed by atoms with Crippen LogP contribution in [0.4, 0.5) is 4.39 Å². The Kier molecular flexibility index (Phi) is 6.58. The summed E-state index contributed by atoms with van der Waals surface area (Å²) in [5.41, 5.74) is 2.92. The second-order valence-corrected chi connectivity index (χ2v) is 7.03. The van der Waals surface area contributed by atoms with Gasteiger partial charge in [0.2, 0.25) is 11.8 Å². The standard InChI is InChI=1S/C23H25FN2O2/c1-18(20-5-3-2-4-6-20)17-23(28)26-15-13-25(14-16-26)22(27)12-9-19-7-10-21(24)11-8-19/h2-8,10-11,17H,9,12-16H2,1H3/b18-17+. The number of piperazine rings is 1. The monoisotopic (exact) mass is 380 g/mol. The van der Waals surface area contributed by atoms with Crippen molar-refractivity contribution >= 4 is 17.4 Å². The lowest BCUT2D eigenvalue weighted by Gasteiger charge is -2.34. The van der Waals surface area contributed by atoms with Gasteiger partial charge in [0.1, 0.15) is 5.82 Å². The molecule has 0 aliphatic carbocycles. The van der Waals surface area contributed by atoms with E-state index in [1.54, 1.807) is 28.0 Å². The van der Waals surface area contributed by atoms with Gasteiger partial charge in [-0.3, -0.25) is 9.59 Å². The van der Waals surface area contributed by atoms with Gasteiger partial charge in [0.05, 0.1) is 0 Å². The molecule has 1 aliphatic heterocycles. The first-order chi connectivity index (χ1) is 13.5. The van der Waals surface area contributed by atoms with Crippen molar-refractivity contribution in [1.82, 2.24) is 9.80 Å². The van der Waals surface area contributed by atoms with E-state index in [0.29, 0.717) is 39.0 Å². The molecule has 3 rings (SSSR count). The van der Waals surface area contributed by atoms with Gasteiger partial charge in [-0.25, -0.2) is 4.39 Å². The molecule has 146 valence electrons. The zero-order chi connectivity index (χ0) is 19.9. The van der Waals surface area contributed by atoms with Gasteiger partial charge >= 0.3 is 0 Å². The van der Waals surface area contributed by atoms with Crippen LogP contribution in [0.3, 0.4) is 0 Å². The number of amides is 2. The van der Waals surface area contributed by atoms with Crippen LogP contribution < -0.4 is 0 Å². The quantitative estimate of drug-likeness (QED) is 0.745. The third kappa shape index (κ3) is 5.28. The van der Waals surface area contributed by atoms with Crippen LogP contribution in [0.15, 0.2) is 60.7 Å². The average Bonchev–Trinajstić information content (AvgIpc) is 2.73. The molecule has 0 spiro atoms. The van der Waals surface area contributed by atoms with Crippen LogP contribution in [-0.2, 0) is 16.0 Å². The van der Waals surface area contributed by atoms with Crippen LogP contribution >= 0.6 is 0 Å². The highest BCUT2D eigenvalue weighted by atomic mass is 19.1. The van der Waals surface area contributed by atoms with Crippen molar-refractivity contribution in [2.24, 2.45) is 0 Å². The molecule has 4 nitrogen and oxygen atoms in total. The minimum atomic E-state index is -0.271. The fourth-order valence-corrected chi connectivity index (χ4v) is 3.30. The summed E-state index contributed by atoms with van der Waals surface area (Å²) in [5, 5.41) is 0. The van der Waals surface area contributed by atoms with Gasteiger partial charge in [-0.2, -0.15) is 0 Å². The van der Waals surface area contributed by atoms with Crippen molar-refractivity contribution in [3.8, 4) is 0 Å². The second kappa shape index (κ2) is 9.31. The molecule has 0 N–H and O–H groups in total. The Balaban J connectivity index is 1.47. The SMILES string of the molecule is C/C(=C\C(=O)N1CCN(C(=O)CCc2ccc(F)cc2)CC1)c1ccccc1. The number of nitrogens with zero attached hydrogens (tertiary/aromatic N) is 2. The molecule has 2 aromatic rings. The Bertz CT molecular complexity index is 839. The number of rotatable bonds is 5. The van der Waals surface area contributed by atoms with Crippen molar-refractivity contribution in [1.29, 1.82) is 0 Å². The molecule has 0 radical (unpaired) electrons. The highest BCUT2D eigenvalue weighted by Crippen LogP contribution is 2.14. The van der Waals surface area contributed by atoms with E-state index in [1.165, 1.54) is 12.1 Å². The van der Waals surface area contributed by atoms with Crippen molar-refractivity contribution in [2.45, 2.75) is 19.8 Å². The minimum Gasteiger partial charge on any atom is -0.339 e. The molecule has 1 saturated heterocycles.